The normalized spacial score (nSPS) is 54.4. The number of aliphatic carboxylic acids is 1. The molecule has 116 valence electrons. The van der Waals surface area contributed by atoms with Crippen molar-refractivity contribution in [1.82, 2.24) is 9.97 Å². The van der Waals surface area contributed by atoms with E-state index in [0.717, 1.165) is 18.7 Å². The molecule has 1 heterocycles. The Morgan fingerprint density at radius 3 is 2.00 bits per heavy atom. The molecule has 6 nitrogen and oxygen atoms in total. The number of rotatable bonds is 4. The third-order valence-electron chi connectivity index (χ3n) is 8.27. The molecule has 0 atom stereocenters. The fourth-order valence-corrected chi connectivity index (χ4v) is 7.60. The molecule has 0 unspecified atom stereocenters. The summed E-state index contributed by atoms with van der Waals surface area (Å²) in [6.45, 7) is 0. The molecule has 0 aromatic carbocycles. The lowest BCUT2D eigenvalue weighted by atomic mass is 8.92. The number of nitrogens with one attached hydrogen (secondary N) is 1. The number of aromatic nitrogens is 2. The van der Waals surface area contributed by atoms with Crippen LogP contribution in [0.5, 0.6) is 0 Å². The van der Waals surface area contributed by atoms with Gasteiger partial charge in [0.2, 0.25) is 5.91 Å². The predicted octanol–water partition coefficient (Wildman–Crippen LogP) is 1.12. The highest BCUT2D eigenvalue weighted by Gasteiger charge is 3.13. The number of carbonyl (C=O) groups excluding carboxylic acids is 1. The summed E-state index contributed by atoms with van der Waals surface area (Å²) >= 11 is 0. The molecule has 7 saturated carbocycles. The zero-order chi connectivity index (χ0) is 15.3. The summed E-state index contributed by atoms with van der Waals surface area (Å²) in [5, 5.41) is 12.5. The number of nitrogens with zero attached hydrogens (tertiary/aromatic N) is 2. The number of hydrogen-bond acceptors (Lipinski definition) is 4. The Kier molecular flexibility index (Phi) is 1.45. The molecule has 1 amide bonds. The maximum atomic E-state index is 12.8. The predicted molar refractivity (Wildman–Crippen MR) is 76.1 cm³/mol. The van der Waals surface area contributed by atoms with Crippen molar-refractivity contribution in [3.05, 3.63) is 18.2 Å². The summed E-state index contributed by atoms with van der Waals surface area (Å²) in [6, 6.07) is 0. The topological polar surface area (TPSA) is 92.2 Å². The van der Waals surface area contributed by atoms with E-state index in [-0.39, 0.29) is 11.3 Å². The van der Waals surface area contributed by atoms with Crippen molar-refractivity contribution >= 4 is 17.6 Å². The number of anilines is 1. The number of carbonyl (C=O) groups is 2. The summed E-state index contributed by atoms with van der Waals surface area (Å²) in [5.41, 5.74) is 0.0321. The minimum atomic E-state index is -0.612. The molecule has 1 aromatic rings. The zero-order valence-electron chi connectivity index (χ0n) is 12.3. The maximum Gasteiger partial charge on any atom is 0.310 e. The molecule has 0 radical (unpaired) electrons. The minimum Gasteiger partial charge on any atom is -0.481 e. The first kappa shape index (κ1) is 11.5. The number of hydrogen-bond donors (Lipinski definition) is 2. The van der Waals surface area contributed by atoms with Crippen LogP contribution in [-0.2, 0) is 9.59 Å². The third kappa shape index (κ3) is 0.785. The first-order chi connectivity index (χ1) is 11.1. The van der Waals surface area contributed by atoms with Crippen molar-refractivity contribution in [3.63, 3.8) is 0 Å². The Balaban J connectivity index is 1.13. The molecule has 0 spiro atoms. The second-order valence-electron chi connectivity index (χ2n) is 8.38. The molecule has 7 aliphatic carbocycles. The van der Waals surface area contributed by atoms with Crippen LogP contribution in [0.1, 0.15) is 24.6 Å². The van der Waals surface area contributed by atoms with Crippen LogP contribution in [0.2, 0.25) is 0 Å². The molecule has 0 saturated heterocycles. The standard InChI is InChI=1S/C17H15N3O3/c21-14(20-6-3-18-13(19-4-6)5-1-2-5)16-7-10-8(16)12-9(16)11(7)17(10,12)15(22)23/h3-5,7-12H,1-2H2,(H,20,21)(H,22,23). The molecule has 0 aliphatic heterocycles. The maximum absolute atomic E-state index is 12.8. The van der Waals surface area contributed by atoms with E-state index in [9.17, 15) is 14.7 Å². The molecule has 23 heavy (non-hydrogen) atoms. The van der Waals surface area contributed by atoms with Crippen molar-refractivity contribution in [1.29, 1.82) is 0 Å². The SMILES string of the molecule is O=C(O)C12C3C4C1C1C2C3C41C(=O)Nc1cnc(C2CC2)nc1. The Morgan fingerprint density at radius 2 is 1.52 bits per heavy atom. The molecular weight excluding hydrogens is 294 g/mol. The van der Waals surface area contributed by atoms with Gasteiger partial charge in [0.05, 0.1) is 28.9 Å². The van der Waals surface area contributed by atoms with Crippen LogP contribution in [0.15, 0.2) is 12.4 Å². The molecular formula is C17H15N3O3. The third-order valence-corrected chi connectivity index (χ3v) is 8.27. The number of carboxylic acids is 1. The second kappa shape index (κ2) is 2.89. The lowest BCUT2D eigenvalue weighted by Gasteiger charge is -3.09. The van der Waals surface area contributed by atoms with Crippen molar-refractivity contribution in [2.24, 2.45) is 46.3 Å². The van der Waals surface area contributed by atoms with Crippen LogP contribution in [0, 0.1) is 46.3 Å². The highest BCUT2D eigenvalue weighted by Crippen LogP contribution is 3.10. The zero-order valence-corrected chi connectivity index (χ0v) is 12.3. The first-order valence-electron chi connectivity index (χ1n) is 8.51. The van der Waals surface area contributed by atoms with Gasteiger partial charge in [0, 0.05) is 5.92 Å². The average molecular weight is 309 g/mol. The van der Waals surface area contributed by atoms with E-state index in [4.69, 9.17) is 0 Å². The lowest BCUT2D eigenvalue weighted by Crippen LogP contribution is -3.12. The lowest BCUT2D eigenvalue weighted by molar-refractivity contribution is -0.625. The Bertz CT molecular complexity index is 774. The van der Waals surface area contributed by atoms with E-state index >= 15 is 0 Å². The molecule has 7 fully saturated rings. The number of amides is 1. The van der Waals surface area contributed by atoms with Gasteiger partial charge in [0.15, 0.2) is 0 Å². The number of carboxylic acid groups (broad SMARTS) is 1. The minimum absolute atomic E-state index is 0.0858. The Hall–Kier alpha value is -1.98. The highest BCUT2D eigenvalue weighted by molar-refractivity contribution is 6.04. The van der Waals surface area contributed by atoms with Crippen LogP contribution in [0.3, 0.4) is 0 Å². The van der Waals surface area contributed by atoms with Crippen LogP contribution in [0.4, 0.5) is 5.69 Å². The van der Waals surface area contributed by atoms with Gasteiger partial charge in [-0.05, 0) is 48.3 Å². The highest BCUT2D eigenvalue weighted by atomic mass is 16.4. The average Bonchev–Trinajstić information content (AvgIpc) is 3.40. The van der Waals surface area contributed by atoms with Crippen molar-refractivity contribution in [2.45, 2.75) is 18.8 Å². The van der Waals surface area contributed by atoms with Gasteiger partial charge in [-0.2, -0.15) is 0 Å². The van der Waals surface area contributed by atoms with Gasteiger partial charge in [-0.3, -0.25) is 9.59 Å². The monoisotopic (exact) mass is 309 g/mol. The van der Waals surface area contributed by atoms with E-state index in [1.807, 2.05) is 0 Å². The second-order valence-corrected chi connectivity index (χ2v) is 8.38. The fraction of sp³-hybridized carbons (Fsp3) is 0.647. The van der Waals surface area contributed by atoms with Gasteiger partial charge < -0.3 is 10.4 Å². The Morgan fingerprint density at radius 1 is 1.00 bits per heavy atom. The quantitative estimate of drug-likeness (QED) is 0.869. The molecule has 2 N–H and O–H groups in total. The van der Waals surface area contributed by atoms with Gasteiger partial charge in [-0.15, -0.1) is 0 Å². The van der Waals surface area contributed by atoms with Crippen LogP contribution >= 0.6 is 0 Å². The molecule has 0 bridgehead atoms. The van der Waals surface area contributed by atoms with Gasteiger partial charge in [-0.1, -0.05) is 0 Å². The summed E-state index contributed by atoms with van der Waals surface area (Å²) in [4.78, 5) is 33.0. The van der Waals surface area contributed by atoms with E-state index in [2.05, 4.69) is 15.3 Å². The van der Waals surface area contributed by atoms with Gasteiger partial charge in [0.25, 0.3) is 0 Å². The molecule has 7 aliphatic rings. The Labute approximate surface area is 131 Å². The van der Waals surface area contributed by atoms with Crippen LogP contribution in [-0.4, -0.2) is 27.0 Å². The summed E-state index contributed by atoms with van der Waals surface area (Å²) in [5.74, 6) is 2.75. The summed E-state index contributed by atoms with van der Waals surface area (Å²) in [7, 11) is 0. The van der Waals surface area contributed by atoms with Crippen molar-refractivity contribution in [2.75, 3.05) is 5.32 Å². The van der Waals surface area contributed by atoms with Crippen molar-refractivity contribution in [3.8, 4) is 0 Å². The first-order valence-corrected chi connectivity index (χ1v) is 8.51. The van der Waals surface area contributed by atoms with E-state index in [0.29, 0.717) is 47.1 Å². The van der Waals surface area contributed by atoms with E-state index in [1.54, 1.807) is 12.4 Å². The fourth-order valence-electron chi connectivity index (χ4n) is 7.60. The van der Waals surface area contributed by atoms with Crippen molar-refractivity contribution < 1.29 is 14.7 Å². The van der Waals surface area contributed by atoms with Crippen LogP contribution in [0.25, 0.3) is 0 Å². The largest absolute Gasteiger partial charge is 0.481 e. The summed E-state index contributed by atoms with van der Waals surface area (Å²) < 4.78 is 0. The molecule has 6 heteroatoms. The van der Waals surface area contributed by atoms with E-state index in [1.165, 1.54) is 0 Å². The van der Waals surface area contributed by atoms with Crippen LogP contribution < -0.4 is 5.32 Å². The van der Waals surface area contributed by atoms with Gasteiger partial charge in [-0.25, -0.2) is 9.97 Å². The molecule has 8 rings (SSSR count). The smallest absolute Gasteiger partial charge is 0.310 e. The molecule has 1 aromatic heterocycles. The summed E-state index contributed by atoms with van der Waals surface area (Å²) in [6.07, 6.45) is 5.74. The van der Waals surface area contributed by atoms with E-state index < -0.39 is 11.4 Å². The van der Waals surface area contributed by atoms with Gasteiger partial charge >= 0.3 is 5.97 Å². The van der Waals surface area contributed by atoms with Gasteiger partial charge in [0.1, 0.15) is 5.82 Å².